The summed E-state index contributed by atoms with van der Waals surface area (Å²) in [6.07, 6.45) is 0. The number of methoxy groups -OCH3 is 1. The number of benzene rings is 1. The number of rotatable bonds is 5. The van der Waals surface area contributed by atoms with Gasteiger partial charge in [-0.3, -0.25) is 0 Å². The summed E-state index contributed by atoms with van der Waals surface area (Å²) in [5.74, 6) is 1.63. The first-order valence-electron chi connectivity index (χ1n) is 6.14. The number of anilines is 1. The number of nitrogens with two attached hydrogens (primary N) is 1. The minimum absolute atomic E-state index is 0.593. The Bertz CT molecular complexity index is 527. The largest absolute Gasteiger partial charge is 0.497 e. The molecular formula is C14H18N4O. The van der Waals surface area contributed by atoms with Gasteiger partial charge in [0.05, 0.1) is 12.8 Å². The first-order chi connectivity index (χ1) is 9.24. The summed E-state index contributed by atoms with van der Waals surface area (Å²) in [5.41, 5.74) is 7.32. The van der Waals surface area contributed by atoms with Gasteiger partial charge in [0.2, 0.25) is 0 Å². The number of hydrogen-bond donors (Lipinski definition) is 1. The lowest BCUT2D eigenvalue weighted by Crippen LogP contribution is -2.25. The SMILES string of the molecule is COc1cccc(-c2ccc(N(C)CCN)nn2)c1. The van der Waals surface area contributed by atoms with Crippen molar-refractivity contribution in [1.29, 1.82) is 0 Å². The molecule has 0 fully saturated rings. The van der Waals surface area contributed by atoms with Gasteiger partial charge in [0.15, 0.2) is 5.82 Å². The molecule has 5 nitrogen and oxygen atoms in total. The summed E-state index contributed by atoms with van der Waals surface area (Å²) in [6, 6.07) is 11.6. The van der Waals surface area contributed by atoms with E-state index >= 15 is 0 Å². The van der Waals surface area contributed by atoms with Crippen LogP contribution in [0.1, 0.15) is 0 Å². The van der Waals surface area contributed by atoms with E-state index in [-0.39, 0.29) is 0 Å². The molecule has 0 bridgehead atoms. The monoisotopic (exact) mass is 258 g/mol. The molecule has 100 valence electrons. The minimum Gasteiger partial charge on any atom is -0.497 e. The highest BCUT2D eigenvalue weighted by Gasteiger charge is 2.05. The van der Waals surface area contributed by atoms with Gasteiger partial charge in [-0.15, -0.1) is 10.2 Å². The van der Waals surface area contributed by atoms with Crippen LogP contribution in [0.15, 0.2) is 36.4 Å². The molecule has 0 saturated carbocycles. The Kier molecular flexibility index (Phi) is 4.30. The second-order valence-electron chi connectivity index (χ2n) is 4.22. The zero-order valence-electron chi connectivity index (χ0n) is 11.2. The van der Waals surface area contributed by atoms with Crippen molar-refractivity contribution in [2.24, 2.45) is 5.73 Å². The summed E-state index contributed by atoms with van der Waals surface area (Å²) in [7, 11) is 3.60. The highest BCUT2D eigenvalue weighted by Crippen LogP contribution is 2.22. The van der Waals surface area contributed by atoms with E-state index in [1.165, 1.54) is 0 Å². The van der Waals surface area contributed by atoms with Crippen LogP contribution in [0.4, 0.5) is 5.82 Å². The van der Waals surface area contributed by atoms with Crippen LogP contribution < -0.4 is 15.4 Å². The first kappa shape index (κ1) is 13.3. The van der Waals surface area contributed by atoms with Crippen molar-refractivity contribution in [1.82, 2.24) is 10.2 Å². The van der Waals surface area contributed by atoms with Gasteiger partial charge in [-0.25, -0.2) is 0 Å². The smallest absolute Gasteiger partial charge is 0.151 e. The summed E-state index contributed by atoms with van der Waals surface area (Å²) >= 11 is 0. The lowest BCUT2D eigenvalue weighted by atomic mass is 10.1. The normalized spacial score (nSPS) is 10.3. The van der Waals surface area contributed by atoms with Crippen LogP contribution in [0.25, 0.3) is 11.3 Å². The lowest BCUT2D eigenvalue weighted by molar-refractivity contribution is 0.415. The molecule has 2 N–H and O–H groups in total. The molecule has 0 aliphatic heterocycles. The van der Waals surface area contributed by atoms with Crippen LogP contribution in [0.5, 0.6) is 5.75 Å². The highest BCUT2D eigenvalue weighted by atomic mass is 16.5. The molecule has 5 heteroatoms. The van der Waals surface area contributed by atoms with Crippen molar-refractivity contribution in [3.05, 3.63) is 36.4 Å². The third kappa shape index (κ3) is 3.20. The zero-order chi connectivity index (χ0) is 13.7. The molecule has 2 aromatic rings. The van der Waals surface area contributed by atoms with Gasteiger partial charge in [-0.2, -0.15) is 0 Å². The Labute approximate surface area is 113 Å². The van der Waals surface area contributed by atoms with Crippen LogP contribution in [0, 0.1) is 0 Å². The molecule has 1 aromatic heterocycles. The Hall–Kier alpha value is -2.14. The van der Waals surface area contributed by atoms with Gasteiger partial charge in [-0.05, 0) is 24.3 Å². The highest BCUT2D eigenvalue weighted by molar-refractivity contribution is 5.61. The fraction of sp³-hybridized carbons (Fsp3) is 0.286. The predicted octanol–water partition coefficient (Wildman–Crippen LogP) is 1.55. The molecule has 1 heterocycles. The van der Waals surface area contributed by atoms with Crippen LogP contribution in [-0.4, -0.2) is 37.4 Å². The van der Waals surface area contributed by atoms with Gasteiger partial charge < -0.3 is 15.4 Å². The fourth-order valence-electron chi connectivity index (χ4n) is 1.77. The zero-order valence-corrected chi connectivity index (χ0v) is 11.2. The van der Waals surface area contributed by atoms with E-state index in [0.717, 1.165) is 29.4 Å². The van der Waals surface area contributed by atoms with Crippen molar-refractivity contribution in [3.8, 4) is 17.0 Å². The van der Waals surface area contributed by atoms with Gasteiger partial charge >= 0.3 is 0 Å². The number of ether oxygens (including phenoxy) is 1. The molecule has 0 aliphatic carbocycles. The van der Waals surface area contributed by atoms with E-state index in [9.17, 15) is 0 Å². The van der Waals surface area contributed by atoms with E-state index in [1.807, 2.05) is 48.3 Å². The predicted molar refractivity (Wildman–Crippen MR) is 76.3 cm³/mol. The third-order valence-electron chi connectivity index (χ3n) is 2.87. The molecule has 0 saturated heterocycles. The van der Waals surface area contributed by atoms with E-state index in [1.54, 1.807) is 7.11 Å². The molecule has 0 unspecified atom stereocenters. The topological polar surface area (TPSA) is 64.3 Å². The molecule has 2 rings (SSSR count). The average molecular weight is 258 g/mol. The van der Waals surface area contributed by atoms with Crippen LogP contribution in [0.2, 0.25) is 0 Å². The van der Waals surface area contributed by atoms with Crippen molar-refractivity contribution in [3.63, 3.8) is 0 Å². The van der Waals surface area contributed by atoms with Gasteiger partial charge in [-0.1, -0.05) is 12.1 Å². The number of hydrogen-bond acceptors (Lipinski definition) is 5. The molecular weight excluding hydrogens is 240 g/mol. The molecule has 0 aliphatic rings. The van der Waals surface area contributed by atoms with Crippen molar-refractivity contribution < 1.29 is 4.74 Å². The molecule has 0 radical (unpaired) electrons. The second kappa shape index (κ2) is 6.15. The number of likely N-dealkylation sites (N-methyl/N-ethyl adjacent to an activating group) is 1. The standard InChI is InChI=1S/C14H18N4O/c1-18(9-8-15)14-7-6-13(16-17-14)11-4-3-5-12(10-11)19-2/h3-7,10H,8-9,15H2,1-2H3. The molecule has 0 amide bonds. The fourth-order valence-corrected chi connectivity index (χ4v) is 1.77. The van der Waals surface area contributed by atoms with Crippen LogP contribution in [-0.2, 0) is 0 Å². The van der Waals surface area contributed by atoms with E-state index in [4.69, 9.17) is 10.5 Å². The molecule has 1 aromatic carbocycles. The number of aromatic nitrogens is 2. The molecule has 19 heavy (non-hydrogen) atoms. The summed E-state index contributed by atoms with van der Waals surface area (Å²) in [4.78, 5) is 1.97. The van der Waals surface area contributed by atoms with Crippen LogP contribution in [0.3, 0.4) is 0 Å². The quantitative estimate of drug-likeness (QED) is 0.881. The van der Waals surface area contributed by atoms with E-state index in [0.29, 0.717) is 6.54 Å². The second-order valence-corrected chi connectivity index (χ2v) is 4.22. The third-order valence-corrected chi connectivity index (χ3v) is 2.87. The summed E-state index contributed by atoms with van der Waals surface area (Å²) in [5, 5.41) is 8.45. The maximum absolute atomic E-state index is 5.52. The first-order valence-corrected chi connectivity index (χ1v) is 6.14. The van der Waals surface area contributed by atoms with Crippen molar-refractivity contribution in [2.75, 3.05) is 32.1 Å². The van der Waals surface area contributed by atoms with E-state index < -0.39 is 0 Å². The van der Waals surface area contributed by atoms with Gasteiger partial charge in [0.25, 0.3) is 0 Å². The Morgan fingerprint density at radius 3 is 2.68 bits per heavy atom. The average Bonchev–Trinajstić information content (AvgIpc) is 2.48. The van der Waals surface area contributed by atoms with Crippen molar-refractivity contribution in [2.45, 2.75) is 0 Å². The maximum Gasteiger partial charge on any atom is 0.151 e. The Morgan fingerprint density at radius 1 is 1.21 bits per heavy atom. The summed E-state index contributed by atoms with van der Waals surface area (Å²) < 4.78 is 5.20. The van der Waals surface area contributed by atoms with Crippen LogP contribution >= 0.6 is 0 Å². The molecule has 0 spiro atoms. The summed E-state index contributed by atoms with van der Waals surface area (Å²) in [6.45, 7) is 1.35. The van der Waals surface area contributed by atoms with E-state index in [2.05, 4.69) is 10.2 Å². The van der Waals surface area contributed by atoms with Crippen molar-refractivity contribution >= 4 is 5.82 Å². The lowest BCUT2D eigenvalue weighted by Gasteiger charge is -2.16. The maximum atomic E-state index is 5.52. The minimum atomic E-state index is 0.593. The van der Waals surface area contributed by atoms with Gasteiger partial charge in [0, 0.05) is 25.7 Å². The molecule has 0 atom stereocenters. The Morgan fingerprint density at radius 2 is 2.05 bits per heavy atom. The van der Waals surface area contributed by atoms with Gasteiger partial charge in [0.1, 0.15) is 5.75 Å². The Balaban J connectivity index is 2.22. The number of nitrogens with zero attached hydrogens (tertiary/aromatic N) is 3.